The van der Waals surface area contributed by atoms with Gasteiger partial charge in [-0.1, -0.05) is 115 Å². The van der Waals surface area contributed by atoms with Crippen molar-refractivity contribution < 1.29 is 0 Å². The number of hydrogen-bond acceptors (Lipinski definition) is 1. The second kappa shape index (κ2) is 9.40. The Morgan fingerprint density at radius 3 is 1.44 bits per heavy atom. The molecule has 200 valence electrons. The largest absolute Gasteiger partial charge is 0.308 e. The molecule has 0 bridgehead atoms. The molecule has 0 unspecified atom stereocenters. The Morgan fingerprint density at radius 2 is 0.814 bits per heavy atom. The van der Waals surface area contributed by atoms with Crippen molar-refractivity contribution in [3.63, 3.8) is 0 Å². The molecule has 9 aromatic rings. The van der Waals surface area contributed by atoms with Gasteiger partial charge in [-0.25, -0.2) is 0 Å². The molecule has 0 aliphatic carbocycles. The van der Waals surface area contributed by atoms with Crippen molar-refractivity contribution in [2.75, 3.05) is 0 Å². The van der Waals surface area contributed by atoms with Crippen LogP contribution in [0, 0.1) is 0 Å². The molecule has 9 rings (SSSR count). The first-order valence-electron chi connectivity index (χ1n) is 14.7. The monoisotopic (exact) mass is 546 g/mol. The van der Waals surface area contributed by atoms with E-state index in [2.05, 4.69) is 150 Å². The van der Waals surface area contributed by atoms with Crippen LogP contribution in [0.4, 0.5) is 0 Å². The summed E-state index contributed by atoms with van der Waals surface area (Å²) in [6.07, 6.45) is 3.93. The predicted molar refractivity (Wildman–Crippen MR) is 182 cm³/mol. The zero-order valence-electron chi connectivity index (χ0n) is 23.4. The summed E-state index contributed by atoms with van der Waals surface area (Å²) in [5.41, 5.74) is 8.08. The summed E-state index contributed by atoms with van der Waals surface area (Å²) in [5.74, 6) is 0. The third-order valence-corrected chi connectivity index (χ3v) is 8.84. The summed E-state index contributed by atoms with van der Waals surface area (Å²) >= 11 is 0. The van der Waals surface area contributed by atoms with Gasteiger partial charge in [-0.3, -0.25) is 4.98 Å². The molecule has 0 saturated carbocycles. The van der Waals surface area contributed by atoms with Gasteiger partial charge in [-0.2, -0.15) is 0 Å². The van der Waals surface area contributed by atoms with Gasteiger partial charge in [-0.05, 0) is 79.3 Å². The average Bonchev–Trinajstić information content (AvgIpc) is 3.43. The molecule has 2 aromatic heterocycles. The van der Waals surface area contributed by atoms with Crippen LogP contribution in [-0.2, 0) is 0 Å². The Morgan fingerprint density at radius 1 is 0.326 bits per heavy atom. The van der Waals surface area contributed by atoms with Crippen LogP contribution in [0.3, 0.4) is 0 Å². The molecule has 0 fully saturated rings. The summed E-state index contributed by atoms with van der Waals surface area (Å²) in [7, 11) is 0. The number of benzene rings is 7. The SMILES string of the molecule is c1cc(-c2cncc(-n3c4ccccc4c4ccccc43)c2)cc(-c2ccc3c4ccccc4c4ccccc4c3c2)c1. The predicted octanol–water partition coefficient (Wildman–Crippen LogP) is 11.0. The Balaban J connectivity index is 1.19. The summed E-state index contributed by atoms with van der Waals surface area (Å²) in [5, 5.41) is 10.3. The van der Waals surface area contributed by atoms with Gasteiger partial charge in [0.1, 0.15) is 0 Å². The molecule has 0 saturated heterocycles. The lowest BCUT2D eigenvalue weighted by Gasteiger charge is -2.13. The van der Waals surface area contributed by atoms with Gasteiger partial charge in [0.15, 0.2) is 0 Å². The van der Waals surface area contributed by atoms with Crippen molar-refractivity contribution in [3.05, 3.63) is 158 Å². The van der Waals surface area contributed by atoms with Gasteiger partial charge in [0.25, 0.3) is 0 Å². The van der Waals surface area contributed by atoms with E-state index in [0.717, 1.165) is 16.8 Å². The maximum absolute atomic E-state index is 4.72. The van der Waals surface area contributed by atoms with Gasteiger partial charge in [0, 0.05) is 22.5 Å². The minimum Gasteiger partial charge on any atom is -0.308 e. The van der Waals surface area contributed by atoms with Crippen LogP contribution in [0.2, 0.25) is 0 Å². The van der Waals surface area contributed by atoms with Gasteiger partial charge < -0.3 is 4.57 Å². The molecule has 0 atom stereocenters. The van der Waals surface area contributed by atoms with Crippen LogP contribution < -0.4 is 0 Å². The van der Waals surface area contributed by atoms with E-state index in [4.69, 9.17) is 4.98 Å². The summed E-state index contributed by atoms with van der Waals surface area (Å²) in [4.78, 5) is 4.72. The smallest absolute Gasteiger partial charge is 0.0651 e. The lowest BCUT2D eigenvalue weighted by atomic mass is 9.91. The zero-order valence-corrected chi connectivity index (χ0v) is 23.4. The molecule has 2 nitrogen and oxygen atoms in total. The number of rotatable bonds is 3. The molecular formula is C41H26N2. The first kappa shape index (κ1) is 23.9. The maximum atomic E-state index is 4.72. The fraction of sp³-hybridized carbons (Fsp3) is 0. The Hall–Kier alpha value is -5.73. The third kappa shape index (κ3) is 3.70. The lowest BCUT2D eigenvalue weighted by Crippen LogP contribution is -1.95. The average molecular weight is 547 g/mol. The van der Waals surface area contributed by atoms with Gasteiger partial charge in [-0.15, -0.1) is 0 Å². The Kier molecular flexibility index (Phi) is 5.23. The highest BCUT2D eigenvalue weighted by atomic mass is 15.0. The van der Waals surface area contributed by atoms with Crippen molar-refractivity contribution in [1.82, 2.24) is 9.55 Å². The van der Waals surface area contributed by atoms with E-state index < -0.39 is 0 Å². The molecule has 0 aliphatic heterocycles. The fourth-order valence-corrected chi connectivity index (χ4v) is 6.87. The molecule has 0 amide bonds. The van der Waals surface area contributed by atoms with Crippen molar-refractivity contribution >= 4 is 54.1 Å². The van der Waals surface area contributed by atoms with E-state index in [9.17, 15) is 0 Å². The van der Waals surface area contributed by atoms with Crippen molar-refractivity contribution in [2.24, 2.45) is 0 Å². The second-order valence-corrected chi connectivity index (χ2v) is 11.2. The minimum atomic E-state index is 1.06. The number of nitrogens with zero attached hydrogens (tertiary/aromatic N) is 2. The molecule has 2 heterocycles. The first-order valence-corrected chi connectivity index (χ1v) is 14.7. The van der Waals surface area contributed by atoms with Crippen LogP contribution >= 0.6 is 0 Å². The maximum Gasteiger partial charge on any atom is 0.0651 e. The van der Waals surface area contributed by atoms with Crippen molar-refractivity contribution in [3.8, 4) is 27.9 Å². The normalized spacial score (nSPS) is 11.7. The van der Waals surface area contributed by atoms with Gasteiger partial charge in [0.05, 0.1) is 22.9 Å². The van der Waals surface area contributed by atoms with Gasteiger partial charge >= 0.3 is 0 Å². The van der Waals surface area contributed by atoms with Crippen molar-refractivity contribution in [2.45, 2.75) is 0 Å². The van der Waals surface area contributed by atoms with Crippen LogP contribution in [-0.4, -0.2) is 9.55 Å². The van der Waals surface area contributed by atoms with Crippen LogP contribution in [0.25, 0.3) is 82.1 Å². The molecule has 0 spiro atoms. The standard InChI is InChI=1S/C41H26N2/c1-2-14-34-32(12-1)33-13-3-4-15-35(33)39-24-29(20-21-36(34)39)27-10-9-11-28(22-27)30-23-31(26-42-25-30)43-40-18-7-5-16-37(40)38-17-6-8-19-41(38)43/h1-26H. The molecule has 0 radical (unpaired) electrons. The first-order chi connectivity index (χ1) is 21.3. The lowest BCUT2D eigenvalue weighted by molar-refractivity contribution is 1.14. The highest BCUT2D eigenvalue weighted by molar-refractivity contribution is 6.25. The molecule has 7 aromatic carbocycles. The number of hydrogen-bond donors (Lipinski definition) is 0. The highest BCUT2D eigenvalue weighted by Crippen LogP contribution is 2.38. The Labute approximate surface area is 249 Å². The van der Waals surface area contributed by atoms with E-state index in [0.29, 0.717) is 0 Å². The molecular weight excluding hydrogens is 520 g/mol. The van der Waals surface area contributed by atoms with E-state index in [1.54, 1.807) is 0 Å². The van der Waals surface area contributed by atoms with E-state index in [1.807, 2.05) is 12.4 Å². The number of fused-ring (bicyclic) bond motifs is 9. The van der Waals surface area contributed by atoms with Crippen molar-refractivity contribution in [1.29, 1.82) is 0 Å². The number of pyridine rings is 1. The fourth-order valence-electron chi connectivity index (χ4n) is 6.87. The number of para-hydroxylation sites is 2. The molecule has 0 N–H and O–H groups in total. The second-order valence-electron chi connectivity index (χ2n) is 11.2. The molecule has 2 heteroatoms. The summed E-state index contributed by atoms with van der Waals surface area (Å²) in [6.45, 7) is 0. The quantitative estimate of drug-likeness (QED) is 0.202. The third-order valence-electron chi connectivity index (χ3n) is 8.84. The highest BCUT2D eigenvalue weighted by Gasteiger charge is 2.13. The minimum absolute atomic E-state index is 1.06. The van der Waals surface area contributed by atoms with Crippen LogP contribution in [0.15, 0.2) is 158 Å². The summed E-state index contributed by atoms with van der Waals surface area (Å²) in [6, 6.07) is 52.7. The molecule has 0 aliphatic rings. The zero-order chi connectivity index (χ0) is 28.3. The number of aromatic nitrogens is 2. The van der Waals surface area contributed by atoms with E-state index in [-0.39, 0.29) is 0 Å². The topological polar surface area (TPSA) is 17.8 Å². The van der Waals surface area contributed by atoms with Crippen LogP contribution in [0.5, 0.6) is 0 Å². The van der Waals surface area contributed by atoms with E-state index in [1.165, 1.54) is 65.3 Å². The van der Waals surface area contributed by atoms with Gasteiger partial charge in [0.2, 0.25) is 0 Å². The Bertz CT molecular complexity index is 2430. The summed E-state index contributed by atoms with van der Waals surface area (Å²) < 4.78 is 2.32. The molecule has 43 heavy (non-hydrogen) atoms. The van der Waals surface area contributed by atoms with E-state index >= 15 is 0 Å². The van der Waals surface area contributed by atoms with Crippen LogP contribution in [0.1, 0.15) is 0 Å².